The van der Waals surface area contributed by atoms with Crippen LogP contribution in [0.4, 0.5) is 13.2 Å². The maximum atomic E-state index is 12.3. The topological polar surface area (TPSA) is 0 Å². The van der Waals surface area contributed by atoms with Crippen LogP contribution in [0.5, 0.6) is 0 Å². The Morgan fingerprint density at radius 1 is 1.15 bits per heavy atom. The molecule has 0 saturated carbocycles. The lowest BCUT2D eigenvalue weighted by Gasteiger charge is -2.11. The van der Waals surface area contributed by atoms with E-state index in [0.717, 1.165) is 12.1 Å². The minimum atomic E-state index is -4.50. The molecule has 0 heterocycles. The lowest BCUT2D eigenvalue weighted by Crippen LogP contribution is -2.07. The summed E-state index contributed by atoms with van der Waals surface area (Å²) < 4.78 is 36.8. The van der Waals surface area contributed by atoms with E-state index in [1.54, 1.807) is 0 Å². The van der Waals surface area contributed by atoms with Crippen LogP contribution >= 0.6 is 35.8 Å². The van der Waals surface area contributed by atoms with Crippen molar-refractivity contribution >= 4 is 35.8 Å². The van der Waals surface area contributed by atoms with Gasteiger partial charge in [0.05, 0.1) is 10.6 Å². The van der Waals surface area contributed by atoms with Gasteiger partial charge in [0.25, 0.3) is 0 Å². The van der Waals surface area contributed by atoms with E-state index in [1.807, 2.05) is 0 Å². The molecule has 0 aliphatic rings. The van der Waals surface area contributed by atoms with Gasteiger partial charge in [-0.05, 0) is 12.1 Å². The summed E-state index contributed by atoms with van der Waals surface area (Å²) in [5.41, 5.74) is -0.957. The Morgan fingerprint density at radius 2 is 1.69 bits per heavy atom. The van der Waals surface area contributed by atoms with Gasteiger partial charge in [0.2, 0.25) is 0 Å². The van der Waals surface area contributed by atoms with E-state index in [1.165, 1.54) is 0 Å². The molecule has 0 aliphatic heterocycles. The fourth-order valence-electron chi connectivity index (χ4n) is 0.841. The zero-order chi connectivity index (χ0) is 10.2. The highest BCUT2D eigenvalue weighted by atomic mass is 35.5. The normalized spacial score (nSPS) is 11.8. The van der Waals surface area contributed by atoms with Crippen LogP contribution in [-0.2, 0) is 6.18 Å². The lowest BCUT2D eigenvalue weighted by atomic mass is 10.2. The standard InChI is InChI=1S/C7H3Cl2F3S/c8-3-1-4(9)6(5(13)2-3)7(10,11)12/h1-2,13H. The van der Waals surface area contributed by atoms with Crippen molar-refractivity contribution in [3.63, 3.8) is 0 Å². The van der Waals surface area contributed by atoms with E-state index >= 15 is 0 Å². The van der Waals surface area contributed by atoms with Crippen molar-refractivity contribution in [2.45, 2.75) is 11.1 Å². The number of rotatable bonds is 0. The van der Waals surface area contributed by atoms with Crippen LogP contribution in [0.2, 0.25) is 10.0 Å². The van der Waals surface area contributed by atoms with Gasteiger partial charge in [-0.2, -0.15) is 13.2 Å². The summed E-state index contributed by atoms with van der Waals surface area (Å²) in [6, 6.07) is 2.13. The van der Waals surface area contributed by atoms with Crippen molar-refractivity contribution in [3.8, 4) is 0 Å². The molecule has 0 nitrogen and oxygen atoms in total. The molecule has 0 saturated heterocycles. The highest BCUT2D eigenvalue weighted by molar-refractivity contribution is 7.80. The third-order valence-electron chi connectivity index (χ3n) is 1.32. The smallest absolute Gasteiger partial charge is 0.166 e. The largest absolute Gasteiger partial charge is 0.418 e. The highest BCUT2D eigenvalue weighted by Gasteiger charge is 2.35. The number of thiol groups is 1. The molecule has 0 aromatic heterocycles. The molecule has 0 fully saturated rings. The predicted octanol–water partition coefficient (Wildman–Crippen LogP) is 4.30. The monoisotopic (exact) mass is 246 g/mol. The molecule has 0 radical (unpaired) electrons. The Hall–Kier alpha value is -0.0600. The third kappa shape index (κ3) is 2.45. The Labute approximate surface area is 88.1 Å². The average Bonchev–Trinajstić information content (AvgIpc) is 1.78. The molecular weight excluding hydrogens is 244 g/mol. The van der Waals surface area contributed by atoms with Crippen LogP contribution in [0, 0.1) is 0 Å². The number of benzene rings is 1. The maximum absolute atomic E-state index is 12.3. The molecule has 1 aromatic carbocycles. The van der Waals surface area contributed by atoms with Crippen LogP contribution in [-0.4, -0.2) is 0 Å². The zero-order valence-electron chi connectivity index (χ0n) is 5.99. The molecule has 6 heteroatoms. The molecule has 0 atom stereocenters. The van der Waals surface area contributed by atoms with E-state index in [9.17, 15) is 13.2 Å². The number of alkyl halides is 3. The van der Waals surface area contributed by atoms with Gasteiger partial charge in [0.1, 0.15) is 0 Å². The molecule has 0 aliphatic carbocycles. The van der Waals surface area contributed by atoms with Crippen LogP contribution in [0.15, 0.2) is 17.0 Å². The number of halogens is 5. The molecule has 0 unspecified atom stereocenters. The molecule has 13 heavy (non-hydrogen) atoms. The summed E-state index contributed by atoms with van der Waals surface area (Å²) in [6.07, 6.45) is -4.50. The van der Waals surface area contributed by atoms with E-state index in [0.29, 0.717) is 0 Å². The minimum absolute atomic E-state index is 0.128. The second kappa shape index (κ2) is 3.59. The second-order valence-electron chi connectivity index (χ2n) is 2.28. The SMILES string of the molecule is FC(F)(F)c1c(S)cc(Cl)cc1Cl. The van der Waals surface area contributed by atoms with Crippen molar-refractivity contribution in [2.75, 3.05) is 0 Å². The second-order valence-corrected chi connectivity index (χ2v) is 3.60. The van der Waals surface area contributed by atoms with E-state index in [-0.39, 0.29) is 9.92 Å². The average molecular weight is 247 g/mol. The first-order valence-electron chi connectivity index (χ1n) is 3.07. The first kappa shape index (κ1) is 11.0. The Balaban J connectivity index is 3.38. The molecule has 1 rings (SSSR count). The first-order chi connectivity index (χ1) is 5.82. The van der Waals surface area contributed by atoms with Crippen LogP contribution in [0.1, 0.15) is 5.56 Å². The van der Waals surface area contributed by atoms with E-state index in [2.05, 4.69) is 12.6 Å². The number of hydrogen-bond acceptors (Lipinski definition) is 1. The quantitative estimate of drug-likeness (QED) is 0.649. The van der Waals surface area contributed by atoms with Gasteiger partial charge in [-0.3, -0.25) is 0 Å². The molecule has 1 aromatic rings. The fourth-order valence-corrected chi connectivity index (χ4v) is 1.97. The Kier molecular flexibility index (Phi) is 3.05. The Bertz CT molecular complexity index is 312. The summed E-state index contributed by atoms with van der Waals surface area (Å²) >= 11 is 14.5. The molecule has 0 N–H and O–H groups in total. The lowest BCUT2D eigenvalue weighted by molar-refractivity contribution is -0.139. The third-order valence-corrected chi connectivity index (χ3v) is 2.19. The summed E-state index contributed by atoms with van der Waals surface area (Å²) in [7, 11) is 0. The van der Waals surface area contributed by atoms with Gasteiger partial charge in [-0.1, -0.05) is 23.2 Å². The molecule has 0 spiro atoms. The molecule has 0 amide bonds. The fraction of sp³-hybridized carbons (Fsp3) is 0.143. The van der Waals surface area contributed by atoms with Gasteiger partial charge < -0.3 is 0 Å². The van der Waals surface area contributed by atoms with Crippen molar-refractivity contribution in [3.05, 3.63) is 27.7 Å². The van der Waals surface area contributed by atoms with Gasteiger partial charge in [-0.25, -0.2) is 0 Å². The van der Waals surface area contributed by atoms with Gasteiger partial charge in [0.15, 0.2) is 0 Å². The maximum Gasteiger partial charge on any atom is 0.418 e. The molecule has 0 bridgehead atoms. The Morgan fingerprint density at radius 3 is 2.08 bits per heavy atom. The molecular formula is C7H3Cl2F3S. The zero-order valence-corrected chi connectivity index (χ0v) is 8.40. The van der Waals surface area contributed by atoms with Crippen LogP contribution in [0.25, 0.3) is 0 Å². The van der Waals surface area contributed by atoms with Crippen LogP contribution < -0.4 is 0 Å². The van der Waals surface area contributed by atoms with Crippen molar-refractivity contribution in [1.29, 1.82) is 0 Å². The molecule has 72 valence electrons. The highest BCUT2D eigenvalue weighted by Crippen LogP contribution is 2.40. The summed E-state index contributed by atoms with van der Waals surface area (Å²) in [5, 5.41) is -0.312. The minimum Gasteiger partial charge on any atom is -0.166 e. The van der Waals surface area contributed by atoms with E-state index in [4.69, 9.17) is 23.2 Å². The summed E-state index contributed by atoms with van der Waals surface area (Å²) in [4.78, 5) is -0.273. The van der Waals surface area contributed by atoms with Crippen molar-refractivity contribution < 1.29 is 13.2 Å². The van der Waals surface area contributed by atoms with Crippen molar-refractivity contribution in [2.24, 2.45) is 0 Å². The van der Waals surface area contributed by atoms with Gasteiger partial charge in [0, 0.05) is 9.92 Å². The number of hydrogen-bond donors (Lipinski definition) is 1. The van der Waals surface area contributed by atoms with Crippen molar-refractivity contribution in [1.82, 2.24) is 0 Å². The van der Waals surface area contributed by atoms with Gasteiger partial charge in [-0.15, -0.1) is 12.6 Å². The first-order valence-corrected chi connectivity index (χ1v) is 4.28. The van der Waals surface area contributed by atoms with E-state index < -0.39 is 16.8 Å². The summed E-state index contributed by atoms with van der Waals surface area (Å²) in [5.74, 6) is 0. The predicted molar refractivity (Wildman–Crippen MR) is 48.7 cm³/mol. The van der Waals surface area contributed by atoms with Crippen LogP contribution in [0.3, 0.4) is 0 Å². The van der Waals surface area contributed by atoms with Gasteiger partial charge >= 0.3 is 6.18 Å². The summed E-state index contributed by atoms with van der Waals surface area (Å²) in [6.45, 7) is 0.